The Labute approximate surface area is 104 Å². The molecule has 0 saturated carbocycles. The van der Waals surface area contributed by atoms with E-state index in [-0.39, 0.29) is 5.91 Å². The van der Waals surface area contributed by atoms with Crippen LogP contribution < -0.4 is 5.32 Å². The second-order valence-corrected chi connectivity index (χ2v) is 6.21. The summed E-state index contributed by atoms with van der Waals surface area (Å²) in [6, 6.07) is 0.306. The Kier molecular flexibility index (Phi) is 8.44. The van der Waals surface area contributed by atoms with Crippen molar-refractivity contribution in [2.24, 2.45) is 0 Å². The second-order valence-electron chi connectivity index (χ2n) is 4.60. The molecule has 0 aliphatic heterocycles. The third-order valence-electron chi connectivity index (χ3n) is 2.03. The Bertz CT molecular complexity index is 232. The van der Waals surface area contributed by atoms with Gasteiger partial charge in [0.15, 0.2) is 0 Å². The molecule has 94 valence electrons. The predicted molar refractivity (Wildman–Crippen MR) is 73.9 cm³/mol. The number of rotatable bonds is 7. The minimum absolute atomic E-state index is 0.0443. The molecule has 0 aliphatic rings. The standard InChI is InChI=1S/C13H25NOS/c1-6-7-12(9-16-11(4)5)14-13(15)8-10(2)3/h8,11-12H,6-7,9H2,1-5H3,(H,14,15). The average Bonchev–Trinajstić information content (AvgIpc) is 2.13. The lowest BCUT2D eigenvalue weighted by Crippen LogP contribution is -2.35. The summed E-state index contributed by atoms with van der Waals surface area (Å²) >= 11 is 1.90. The van der Waals surface area contributed by atoms with Crippen LogP contribution in [0.2, 0.25) is 0 Å². The summed E-state index contributed by atoms with van der Waals surface area (Å²) < 4.78 is 0. The van der Waals surface area contributed by atoms with Crippen LogP contribution in [0, 0.1) is 0 Å². The Morgan fingerprint density at radius 2 is 2.00 bits per heavy atom. The number of allylic oxidation sites excluding steroid dienone is 1. The molecule has 16 heavy (non-hydrogen) atoms. The summed E-state index contributed by atoms with van der Waals surface area (Å²) in [7, 11) is 0. The first-order valence-electron chi connectivity index (χ1n) is 6.02. The summed E-state index contributed by atoms with van der Waals surface area (Å²) in [4.78, 5) is 11.6. The average molecular weight is 243 g/mol. The van der Waals surface area contributed by atoms with Crippen LogP contribution in [0.25, 0.3) is 0 Å². The summed E-state index contributed by atoms with van der Waals surface area (Å²) in [5, 5.41) is 3.69. The lowest BCUT2D eigenvalue weighted by atomic mass is 10.2. The first-order valence-corrected chi connectivity index (χ1v) is 7.07. The fourth-order valence-corrected chi connectivity index (χ4v) is 2.23. The van der Waals surface area contributed by atoms with Gasteiger partial charge in [0, 0.05) is 17.9 Å². The molecule has 1 N–H and O–H groups in total. The van der Waals surface area contributed by atoms with Gasteiger partial charge in [-0.3, -0.25) is 4.79 Å². The first-order chi connectivity index (χ1) is 7.45. The fraction of sp³-hybridized carbons (Fsp3) is 0.769. The molecule has 0 aromatic carbocycles. The molecule has 3 heteroatoms. The SMILES string of the molecule is CCCC(CSC(C)C)NC(=O)C=C(C)C. The molecule has 0 aromatic rings. The third kappa shape index (κ3) is 8.84. The molecule has 1 atom stereocenters. The van der Waals surface area contributed by atoms with E-state index in [9.17, 15) is 4.79 Å². The molecule has 2 nitrogen and oxygen atoms in total. The van der Waals surface area contributed by atoms with Gasteiger partial charge in [-0.25, -0.2) is 0 Å². The number of carbonyl (C=O) groups is 1. The van der Waals surface area contributed by atoms with Crippen LogP contribution in [0.1, 0.15) is 47.5 Å². The van der Waals surface area contributed by atoms with Crippen molar-refractivity contribution in [3.05, 3.63) is 11.6 Å². The molecule has 0 heterocycles. The fourth-order valence-electron chi connectivity index (χ4n) is 1.36. The summed E-state index contributed by atoms with van der Waals surface area (Å²) in [5.74, 6) is 1.05. The van der Waals surface area contributed by atoms with Crippen LogP contribution in [-0.2, 0) is 4.79 Å². The van der Waals surface area contributed by atoms with E-state index in [1.54, 1.807) is 6.08 Å². The topological polar surface area (TPSA) is 29.1 Å². The quantitative estimate of drug-likeness (QED) is 0.695. The molecule has 0 bridgehead atoms. The van der Waals surface area contributed by atoms with Gasteiger partial charge in [-0.1, -0.05) is 32.8 Å². The van der Waals surface area contributed by atoms with Crippen LogP contribution in [0.5, 0.6) is 0 Å². The second kappa shape index (κ2) is 8.68. The molecule has 0 radical (unpaired) electrons. The van der Waals surface area contributed by atoms with Gasteiger partial charge >= 0.3 is 0 Å². The first kappa shape index (κ1) is 15.6. The molecule has 0 aromatic heterocycles. The third-order valence-corrected chi connectivity index (χ3v) is 3.30. The van der Waals surface area contributed by atoms with Gasteiger partial charge in [-0.2, -0.15) is 11.8 Å². The van der Waals surface area contributed by atoms with Crippen molar-refractivity contribution in [2.75, 3.05) is 5.75 Å². The molecular weight excluding hydrogens is 218 g/mol. The molecule has 0 aliphatic carbocycles. The van der Waals surface area contributed by atoms with Crippen molar-refractivity contribution in [1.29, 1.82) is 0 Å². The normalized spacial score (nSPS) is 12.4. The zero-order valence-electron chi connectivity index (χ0n) is 11.2. The van der Waals surface area contributed by atoms with Crippen molar-refractivity contribution in [1.82, 2.24) is 5.32 Å². The lowest BCUT2D eigenvalue weighted by molar-refractivity contribution is -0.117. The molecule has 1 amide bonds. The van der Waals surface area contributed by atoms with E-state index >= 15 is 0 Å². The van der Waals surface area contributed by atoms with E-state index in [1.807, 2.05) is 25.6 Å². The molecule has 0 fully saturated rings. The molecule has 0 spiro atoms. The van der Waals surface area contributed by atoms with Gasteiger partial charge in [0.25, 0.3) is 0 Å². The highest BCUT2D eigenvalue weighted by Crippen LogP contribution is 2.13. The number of thioether (sulfide) groups is 1. The van der Waals surface area contributed by atoms with E-state index in [2.05, 4.69) is 26.1 Å². The molecule has 0 rings (SSSR count). The van der Waals surface area contributed by atoms with Crippen molar-refractivity contribution in [3.8, 4) is 0 Å². The minimum atomic E-state index is 0.0443. The van der Waals surface area contributed by atoms with Crippen LogP contribution in [0.15, 0.2) is 11.6 Å². The summed E-state index contributed by atoms with van der Waals surface area (Å²) in [5.41, 5.74) is 1.05. The van der Waals surface area contributed by atoms with Crippen LogP contribution >= 0.6 is 11.8 Å². The number of carbonyl (C=O) groups excluding carboxylic acids is 1. The highest BCUT2D eigenvalue weighted by atomic mass is 32.2. The largest absolute Gasteiger partial charge is 0.349 e. The highest BCUT2D eigenvalue weighted by Gasteiger charge is 2.10. The van der Waals surface area contributed by atoms with Crippen LogP contribution in [0.3, 0.4) is 0 Å². The molecular formula is C13H25NOS. The van der Waals surface area contributed by atoms with Crippen molar-refractivity contribution in [3.63, 3.8) is 0 Å². The number of amides is 1. The monoisotopic (exact) mass is 243 g/mol. The van der Waals surface area contributed by atoms with Gasteiger partial charge in [-0.15, -0.1) is 0 Å². The zero-order chi connectivity index (χ0) is 12.6. The number of nitrogens with one attached hydrogen (secondary N) is 1. The lowest BCUT2D eigenvalue weighted by Gasteiger charge is -2.18. The Hall–Kier alpha value is -0.440. The van der Waals surface area contributed by atoms with Crippen molar-refractivity contribution in [2.45, 2.75) is 58.8 Å². The van der Waals surface area contributed by atoms with Crippen LogP contribution in [0.4, 0.5) is 0 Å². The van der Waals surface area contributed by atoms with Gasteiger partial charge in [0.2, 0.25) is 5.91 Å². The smallest absolute Gasteiger partial charge is 0.244 e. The zero-order valence-corrected chi connectivity index (χ0v) is 12.0. The maximum absolute atomic E-state index is 11.6. The van der Waals surface area contributed by atoms with Gasteiger partial charge in [-0.05, 0) is 25.5 Å². The molecule has 1 unspecified atom stereocenters. The van der Waals surface area contributed by atoms with E-state index < -0.39 is 0 Å². The predicted octanol–water partition coefficient (Wildman–Crippen LogP) is 3.38. The van der Waals surface area contributed by atoms with E-state index in [0.29, 0.717) is 11.3 Å². The van der Waals surface area contributed by atoms with Crippen molar-refractivity contribution < 1.29 is 4.79 Å². The van der Waals surface area contributed by atoms with Gasteiger partial charge in [0.1, 0.15) is 0 Å². The van der Waals surface area contributed by atoms with E-state index in [1.165, 1.54) is 0 Å². The van der Waals surface area contributed by atoms with Gasteiger partial charge in [0.05, 0.1) is 0 Å². The minimum Gasteiger partial charge on any atom is -0.349 e. The van der Waals surface area contributed by atoms with E-state index in [0.717, 1.165) is 24.2 Å². The molecule has 0 saturated heterocycles. The number of hydrogen-bond acceptors (Lipinski definition) is 2. The number of hydrogen-bond donors (Lipinski definition) is 1. The maximum Gasteiger partial charge on any atom is 0.244 e. The van der Waals surface area contributed by atoms with Crippen LogP contribution in [-0.4, -0.2) is 23.0 Å². The summed E-state index contributed by atoms with van der Waals surface area (Å²) in [6.07, 6.45) is 3.84. The maximum atomic E-state index is 11.6. The Balaban J connectivity index is 4.11. The highest BCUT2D eigenvalue weighted by molar-refractivity contribution is 7.99. The van der Waals surface area contributed by atoms with Crippen molar-refractivity contribution >= 4 is 17.7 Å². The Morgan fingerprint density at radius 3 is 2.44 bits per heavy atom. The van der Waals surface area contributed by atoms with E-state index in [4.69, 9.17) is 0 Å². The van der Waals surface area contributed by atoms with Gasteiger partial charge < -0.3 is 5.32 Å². The summed E-state index contributed by atoms with van der Waals surface area (Å²) in [6.45, 7) is 10.4. The Morgan fingerprint density at radius 1 is 1.38 bits per heavy atom.